The predicted octanol–water partition coefficient (Wildman–Crippen LogP) is 3.42. The molecule has 0 spiro atoms. The summed E-state index contributed by atoms with van der Waals surface area (Å²) >= 11 is 0. The van der Waals surface area contributed by atoms with Crippen LogP contribution in [-0.2, 0) is 6.37 Å². The van der Waals surface area contributed by atoms with Crippen LogP contribution in [0.3, 0.4) is 0 Å². The van der Waals surface area contributed by atoms with Crippen molar-refractivity contribution in [1.82, 2.24) is 4.90 Å². The van der Waals surface area contributed by atoms with Gasteiger partial charge in [0.1, 0.15) is 0 Å². The first-order valence-electron chi connectivity index (χ1n) is 17.0. The van der Waals surface area contributed by atoms with Gasteiger partial charge >= 0.3 is 0 Å². The molecule has 3 rings (SSSR count). The second-order valence-corrected chi connectivity index (χ2v) is 5.52. The zero-order chi connectivity index (χ0) is 34.9. The molecule has 1 saturated heterocycles. The fourth-order valence-corrected chi connectivity index (χ4v) is 2.50. The van der Waals surface area contributed by atoms with Crippen LogP contribution in [0.5, 0.6) is 11.5 Å². The number of piperidine rings is 1. The molecule has 2 aliphatic rings. The van der Waals surface area contributed by atoms with E-state index in [1.807, 2.05) is 0 Å². The lowest BCUT2D eigenvalue weighted by Gasteiger charge is -2.47. The van der Waals surface area contributed by atoms with E-state index in [4.69, 9.17) is 35.5 Å². The quantitative estimate of drug-likeness (QED) is 0.904. The molecule has 1 N–H and O–H groups in total. The molecule has 4 nitrogen and oxygen atoms in total. The average Bonchev–Trinajstić information content (AvgIpc) is 2.81. The highest BCUT2D eigenvalue weighted by atomic mass is 16.5. The van der Waals surface area contributed by atoms with Crippen molar-refractivity contribution in [3.63, 3.8) is 0 Å². The maximum Gasteiger partial charge on any atom is 0.161 e. The maximum atomic E-state index is 11.5. The lowest BCUT2D eigenvalue weighted by Crippen LogP contribution is -2.48. The molecule has 134 valence electrons. The van der Waals surface area contributed by atoms with Gasteiger partial charge in [-0.25, -0.2) is 0 Å². The molecule has 1 fully saturated rings. The molecule has 4 heteroatoms. The Hall–Kier alpha value is -1.26. The van der Waals surface area contributed by atoms with Crippen molar-refractivity contribution < 1.29 is 42.0 Å². The lowest BCUT2D eigenvalue weighted by atomic mass is 9.75. The van der Waals surface area contributed by atoms with Crippen LogP contribution in [0.4, 0.5) is 0 Å². The van der Waals surface area contributed by atoms with Crippen LogP contribution in [0.2, 0.25) is 0 Å². The van der Waals surface area contributed by atoms with Gasteiger partial charge in [-0.15, -0.1) is 0 Å². The molecule has 1 aromatic rings. The number of methoxy groups -OCH3 is 2. The molecular formula is C20H31NO3. The number of hydrogen-bond acceptors (Lipinski definition) is 4. The minimum absolute atomic E-state index is 0.0266. The SMILES string of the molecule is [2H]C([2H])([2H])Oc1cc2c(cc1OC)C([2H])([2H])C([2H])([2H])N1CC([2H])(C([2H])([2H])C(C)(C([2H])([2H])[2H])C([2H])([2H])[2H])C([2H])(O)C([2H])([2H])C21[2H]. The predicted molar refractivity (Wildman–Crippen MR) is 95.7 cm³/mol. The molecule has 2 aliphatic heterocycles. The van der Waals surface area contributed by atoms with Gasteiger partial charge < -0.3 is 14.6 Å². The second-order valence-electron chi connectivity index (χ2n) is 5.52. The van der Waals surface area contributed by atoms with Gasteiger partial charge in [-0.1, -0.05) is 20.6 Å². The van der Waals surface area contributed by atoms with Crippen LogP contribution in [0.25, 0.3) is 0 Å². The van der Waals surface area contributed by atoms with E-state index in [1.54, 1.807) is 0 Å². The molecular weight excluding hydrogens is 302 g/mol. The van der Waals surface area contributed by atoms with Gasteiger partial charge in [-0.2, -0.15) is 0 Å². The molecule has 0 amide bonds. The summed E-state index contributed by atoms with van der Waals surface area (Å²) in [6, 6.07) is -2.12. The van der Waals surface area contributed by atoms with Crippen LogP contribution in [0.1, 0.15) is 77.9 Å². The zero-order valence-corrected chi connectivity index (χ0v) is 13.1. The maximum absolute atomic E-state index is 11.5. The summed E-state index contributed by atoms with van der Waals surface area (Å²) in [7, 11) is -2.16. The summed E-state index contributed by atoms with van der Waals surface area (Å²) in [5.74, 6) is -5.14. The van der Waals surface area contributed by atoms with Crippen LogP contribution >= 0.6 is 0 Å². The largest absolute Gasteiger partial charge is 0.493 e. The number of benzene rings is 1. The minimum atomic E-state index is -4.26. The van der Waals surface area contributed by atoms with Gasteiger partial charge in [0.2, 0.25) is 0 Å². The third kappa shape index (κ3) is 3.40. The third-order valence-electron chi connectivity index (χ3n) is 3.50. The topological polar surface area (TPSA) is 41.9 Å². The summed E-state index contributed by atoms with van der Waals surface area (Å²) in [5.41, 5.74) is -5.32. The number of fused-ring (bicyclic) bond motifs is 3. The number of aryl methyl sites for hydroxylation is 1. The van der Waals surface area contributed by atoms with Crippen LogP contribution in [0.15, 0.2) is 12.1 Å². The Morgan fingerprint density at radius 1 is 1.46 bits per heavy atom. The molecule has 0 bridgehead atoms. The highest BCUT2D eigenvalue weighted by molar-refractivity contribution is 5.49. The highest BCUT2D eigenvalue weighted by Gasteiger charge is 2.39. The van der Waals surface area contributed by atoms with Crippen molar-refractivity contribution in [2.45, 2.75) is 51.8 Å². The van der Waals surface area contributed by atoms with Gasteiger partial charge in [-0.05, 0) is 53.7 Å². The lowest BCUT2D eigenvalue weighted by molar-refractivity contribution is -0.0259. The van der Waals surface area contributed by atoms with E-state index >= 15 is 0 Å². The van der Waals surface area contributed by atoms with Gasteiger partial charge in [0, 0.05) is 39.6 Å². The first-order chi connectivity index (χ1) is 19.1. The molecule has 3 atom stereocenters. The summed E-state index contributed by atoms with van der Waals surface area (Å²) in [5, 5.41) is 11.5. The molecule has 2 heterocycles. The smallest absolute Gasteiger partial charge is 0.161 e. The Morgan fingerprint density at radius 3 is 2.96 bits per heavy atom. The number of rotatable bonds is 3. The van der Waals surface area contributed by atoms with E-state index in [0.717, 1.165) is 13.2 Å². The standard InChI is InChI=1S/C20H31NO3/c1-20(2,3)11-14-12-21-7-6-13-8-18(23-4)19(24-5)9-15(13)16(21)10-17(14)22/h8-9,14,16-17,22H,6-7,10-12H2,1-5H3/i1D3,2D3,5D3,6D2,7D2,10D2,11D2,14D,16D,17D. The Kier molecular flexibility index (Phi) is 1.47. The van der Waals surface area contributed by atoms with E-state index in [9.17, 15) is 6.48 Å². The zero-order valence-electron chi connectivity index (χ0n) is 33.1. The number of hydrogen-bond donors (Lipinski definition) is 1. The van der Waals surface area contributed by atoms with Gasteiger partial charge in [-0.3, -0.25) is 4.90 Å². The fraction of sp³-hybridized carbons (Fsp3) is 0.700. The van der Waals surface area contributed by atoms with Crippen LogP contribution in [-0.4, -0.2) is 43.3 Å². The van der Waals surface area contributed by atoms with E-state index in [0.29, 0.717) is 13.0 Å². The number of aliphatic hydroxyl groups is 1. The molecule has 0 aromatic heterocycles. The monoisotopic (exact) mass is 353 g/mol. The first-order valence-corrected chi connectivity index (χ1v) is 7.02. The van der Waals surface area contributed by atoms with E-state index in [1.165, 1.54) is 0 Å². The summed E-state index contributed by atoms with van der Waals surface area (Å²) in [6.07, 6.45) is -15.8. The molecule has 0 saturated carbocycles. The normalized spacial score (nSPS) is 57.3. The Balaban J connectivity index is 2.52. The van der Waals surface area contributed by atoms with Gasteiger partial charge in [0.15, 0.2) is 11.5 Å². The highest BCUT2D eigenvalue weighted by Crippen LogP contribution is 2.44. The van der Waals surface area contributed by atoms with E-state index < -0.39 is 98.9 Å². The van der Waals surface area contributed by atoms with Crippen molar-refractivity contribution in [1.29, 1.82) is 0 Å². The molecule has 0 aliphatic carbocycles. The number of nitrogens with zero attached hydrogens (tertiary/aromatic N) is 1. The molecule has 3 unspecified atom stereocenters. The van der Waals surface area contributed by atoms with Crippen LogP contribution < -0.4 is 9.47 Å². The van der Waals surface area contributed by atoms with Crippen molar-refractivity contribution in [3.8, 4) is 11.5 Å². The fourth-order valence-electron chi connectivity index (χ4n) is 2.50. The third-order valence-corrected chi connectivity index (χ3v) is 3.50. The Morgan fingerprint density at radius 2 is 2.25 bits per heavy atom. The van der Waals surface area contributed by atoms with Gasteiger partial charge in [0.25, 0.3) is 0 Å². The van der Waals surface area contributed by atoms with Crippen molar-refractivity contribution in [2.75, 3.05) is 27.2 Å². The first kappa shape index (κ1) is 5.37. The summed E-state index contributed by atoms with van der Waals surface area (Å²) in [4.78, 5) is -0.0266. The summed E-state index contributed by atoms with van der Waals surface area (Å²) in [6.45, 7) is -12.6. The van der Waals surface area contributed by atoms with Crippen molar-refractivity contribution in [2.24, 2.45) is 11.3 Å². The minimum Gasteiger partial charge on any atom is -0.493 e. The van der Waals surface area contributed by atoms with Crippen molar-refractivity contribution >= 4 is 0 Å². The molecule has 24 heavy (non-hydrogen) atoms. The van der Waals surface area contributed by atoms with E-state index in [-0.39, 0.29) is 4.90 Å². The average molecular weight is 354 g/mol. The Bertz CT molecular complexity index is 1300. The summed E-state index contributed by atoms with van der Waals surface area (Å²) < 4.78 is 177. The molecule has 0 radical (unpaired) electrons. The van der Waals surface area contributed by atoms with E-state index in [2.05, 4.69) is 0 Å². The van der Waals surface area contributed by atoms with Gasteiger partial charge in [0.05, 0.1) is 27.1 Å². The molecule has 1 aromatic carbocycles. The van der Waals surface area contributed by atoms with Crippen molar-refractivity contribution in [3.05, 3.63) is 23.3 Å². The second kappa shape index (κ2) is 6.57. The number of ether oxygens (including phenoxy) is 2. The van der Waals surface area contributed by atoms with Crippen LogP contribution in [0, 0.1) is 11.3 Å². The Labute approximate surface area is 173 Å².